The zero-order valence-corrected chi connectivity index (χ0v) is 7.68. The van der Waals surface area contributed by atoms with Gasteiger partial charge in [-0.1, -0.05) is 68.1 Å². The maximum atomic E-state index is 11.8. The van der Waals surface area contributed by atoms with E-state index in [1.807, 2.05) is 60.7 Å². The van der Waals surface area contributed by atoms with Crippen molar-refractivity contribution in [1.29, 1.82) is 0 Å². The van der Waals surface area contributed by atoms with Gasteiger partial charge in [0, 0.05) is 11.1 Å². The highest BCUT2D eigenvalue weighted by Crippen LogP contribution is 2.08. The van der Waals surface area contributed by atoms with Gasteiger partial charge in [-0.3, -0.25) is 4.79 Å². The first-order valence-electron chi connectivity index (χ1n) is 4.53. The van der Waals surface area contributed by atoms with Crippen LogP contribution in [0.3, 0.4) is 0 Å². The van der Waals surface area contributed by atoms with Gasteiger partial charge in [0.15, 0.2) is 5.78 Å². The molecule has 0 saturated heterocycles. The summed E-state index contributed by atoms with van der Waals surface area (Å²) in [5, 5.41) is 0. The Morgan fingerprint density at radius 1 is 0.667 bits per heavy atom. The highest BCUT2D eigenvalue weighted by molar-refractivity contribution is 6.08. The number of rotatable bonds is 2. The fraction of sp³-hybridized carbons (Fsp3) is 0.0714. The molecule has 2 aromatic carbocycles. The fourth-order valence-electron chi connectivity index (χ4n) is 1.35. The van der Waals surface area contributed by atoms with E-state index in [1.165, 1.54) is 0 Å². The van der Waals surface area contributed by atoms with Crippen LogP contribution in [0.2, 0.25) is 0 Å². The van der Waals surface area contributed by atoms with Crippen molar-refractivity contribution in [2.75, 3.05) is 0 Å². The zero-order valence-electron chi connectivity index (χ0n) is 7.68. The summed E-state index contributed by atoms with van der Waals surface area (Å²) in [7, 11) is 0. The fourth-order valence-corrected chi connectivity index (χ4v) is 1.35. The standard InChI is InChI=1S/C13H10O.CH4/c14-13(11-7-3-1-4-8-11)12-9-5-2-6-10-12;/h1-10H;1H4. The highest BCUT2D eigenvalue weighted by Gasteiger charge is 2.06. The maximum absolute atomic E-state index is 11.8. The third-order valence-corrected chi connectivity index (χ3v) is 2.07. The van der Waals surface area contributed by atoms with Crippen molar-refractivity contribution < 1.29 is 4.79 Å². The first-order valence-corrected chi connectivity index (χ1v) is 4.53. The Morgan fingerprint density at radius 3 is 1.33 bits per heavy atom. The molecule has 0 radical (unpaired) electrons. The van der Waals surface area contributed by atoms with E-state index in [-0.39, 0.29) is 13.2 Å². The summed E-state index contributed by atoms with van der Waals surface area (Å²) in [4.78, 5) is 11.8. The average molecular weight is 198 g/mol. The van der Waals surface area contributed by atoms with Gasteiger partial charge in [-0.25, -0.2) is 0 Å². The Bertz CT molecular complexity index is 376. The van der Waals surface area contributed by atoms with Crippen molar-refractivity contribution in [3.63, 3.8) is 0 Å². The van der Waals surface area contributed by atoms with Crippen molar-refractivity contribution in [2.24, 2.45) is 0 Å². The topological polar surface area (TPSA) is 17.1 Å². The first-order chi connectivity index (χ1) is 6.88. The number of hydrogen-bond acceptors (Lipinski definition) is 1. The number of hydrogen-bond donors (Lipinski definition) is 0. The molecule has 0 aliphatic carbocycles. The van der Waals surface area contributed by atoms with E-state index in [0.29, 0.717) is 0 Å². The smallest absolute Gasteiger partial charge is 0.193 e. The molecule has 0 unspecified atom stereocenters. The lowest BCUT2D eigenvalue weighted by Crippen LogP contribution is -1.99. The van der Waals surface area contributed by atoms with Gasteiger partial charge in [-0.05, 0) is 0 Å². The molecule has 0 fully saturated rings. The van der Waals surface area contributed by atoms with Crippen LogP contribution in [-0.4, -0.2) is 5.78 Å². The summed E-state index contributed by atoms with van der Waals surface area (Å²) in [6.07, 6.45) is 0. The summed E-state index contributed by atoms with van der Waals surface area (Å²) < 4.78 is 0. The zero-order chi connectivity index (χ0) is 9.80. The van der Waals surface area contributed by atoms with Gasteiger partial charge in [0.25, 0.3) is 0 Å². The van der Waals surface area contributed by atoms with E-state index < -0.39 is 0 Å². The Balaban J connectivity index is 0.00000112. The highest BCUT2D eigenvalue weighted by atomic mass is 16.1. The molecule has 2 aromatic rings. The van der Waals surface area contributed by atoms with Crippen LogP contribution in [0.4, 0.5) is 0 Å². The summed E-state index contributed by atoms with van der Waals surface area (Å²) in [6, 6.07) is 18.6. The number of carbonyl (C=O) groups is 1. The molecule has 1 heteroatoms. The number of benzene rings is 2. The minimum Gasteiger partial charge on any atom is -0.289 e. The van der Waals surface area contributed by atoms with Gasteiger partial charge in [0.1, 0.15) is 0 Å². The summed E-state index contributed by atoms with van der Waals surface area (Å²) >= 11 is 0. The Kier molecular flexibility index (Phi) is 3.81. The molecular weight excluding hydrogens is 184 g/mol. The lowest BCUT2D eigenvalue weighted by Gasteiger charge is -1.99. The predicted octanol–water partition coefficient (Wildman–Crippen LogP) is 3.55. The molecule has 0 spiro atoms. The van der Waals surface area contributed by atoms with Crippen LogP contribution >= 0.6 is 0 Å². The van der Waals surface area contributed by atoms with Gasteiger partial charge in [-0.2, -0.15) is 0 Å². The molecule has 76 valence electrons. The van der Waals surface area contributed by atoms with Crippen LogP contribution in [0.1, 0.15) is 23.3 Å². The molecule has 0 amide bonds. The Morgan fingerprint density at radius 2 is 1.00 bits per heavy atom. The molecule has 15 heavy (non-hydrogen) atoms. The molecule has 0 aliphatic rings. The first kappa shape index (κ1) is 11.2. The van der Waals surface area contributed by atoms with Crippen LogP contribution < -0.4 is 0 Å². The lowest BCUT2D eigenvalue weighted by molar-refractivity contribution is 0.103. The van der Waals surface area contributed by atoms with Crippen molar-refractivity contribution >= 4 is 5.78 Å². The molecule has 1 nitrogen and oxygen atoms in total. The van der Waals surface area contributed by atoms with Crippen molar-refractivity contribution in [3.8, 4) is 0 Å². The van der Waals surface area contributed by atoms with Gasteiger partial charge in [-0.15, -0.1) is 0 Å². The van der Waals surface area contributed by atoms with Crippen LogP contribution in [0.25, 0.3) is 0 Å². The quantitative estimate of drug-likeness (QED) is 0.674. The van der Waals surface area contributed by atoms with E-state index >= 15 is 0 Å². The predicted molar refractivity (Wildman–Crippen MR) is 63.0 cm³/mol. The van der Waals surface area contributed by atoms with Gasteiger partial charge >= 0.3 is 0 Å². The van der Waals surface area contributed by atoms with Crippen LogP contribution in [0.15, 0.2) is 60.7 Å². The third kappa shape index (κ3) is 2.53. The van der Waals surface area contributed by atoms with E-state index in [2.05, 4.69) is 0 Å². The van der Waals surface area contributed by atoms with E-state index in [4.69, 9.17) is 0 Å². The maximum Gasteiger partial charge on any atom is 0.193 e. The largest absolute Gasteiger partial charge is 0.289 e. The summed E-state index contributed by atoms with van der Waals surface area (Å²) in [5.41, 5.74) is 1.47. The van der Waals surface area contributed by atoms with Crippen LogP contribution in [-0.2, 0) is 0 Å². The van der Waals surface area contributed by atoms with Gasteiger partial charge < -0.3 is 0 Å². The van der Waals surface area contributed by atoms with E-state index in [1.54, 1.807) is 0 Å². The lowest BCUT2D eigenvalue weighted by atomic mass is 10.0. The normalized spacial score (nSPS) is 9.07. The molecule has 0 saturated carbocycles. The number of ketones is 1. The molecule has 0 heterocycles. The molecule has 0 aromatic heterocycles. The molecule has 0 N–H and O–H groups in total. The molecule has 0 aliphatic heterocycles. The molecular formula is C14H14O. The second kappa shape index (κ2) is 5.11. The molecule has 2 rings (SSSR count). The summed E-state index contributed by atoms with van der Waals surface area (Å²) in [6.45, 7) is 0. The Hall–Kier alpha value is -1.89. The summed E-state index contributed by atoms with van der Waals surface area (Å²) in [5.74, 6) is 0.0752. The third-order valence-electron chi connectivity index (χ3n) is 2.07. The minimum absolute atomic E-state index is 0. The number of carbonyl (C=O) groups excluding carboxylic acids is 1. The van der Waals surface area contributed by atoms with E-state index in [0.717, 1.165) is 11.1 Å². The van der Waals surface area contributed by atoms with Crippen molar-refractivity contribution in [3.05, 3.63) is 71.8 Å². The van der Waals surface area contributed by atoms with Gasteiger partial charge in [0.2, 0.25) is 0 Å². The van der Waals surface area contributed by atoms with Crippen LogP contribution in [0.5, 0.6) is 0 Å². The SMILES string of the molecule is C.O=C(c1ccccc1)c1ccccc1. The van der Waals surface area contributed by atoms with Crippen LogP contribution in [0, 0.1) is 0 Å². The van der Waals surface area contributed by atoms with Crippen molar-refractivity contribution in [2.45, 2.75) is 7.43 Å². The Labute approximate surface area is 90.4 Å². The average Bonchev–Trinajstić information content (AvgIpc) is 2.30. The second-order valence-electron chi connectivity index (χ2n) is 3.06. The van der Waals surface area contributed by atoms with Crippen molar-refractivity contribution in [1.82, 2.24) is 0 Å². The molecule has 0 bridgehead atoms. The minimum atomic E-state index is 0. The molecule has 0 atom stereocenters. The van der Waals surface area contributed by atoms with Gasteiger partial charge in [0.05, 0.1) is 0 Å². The monoisotopic (exact) mass is 198 g/mol. The van der Waals surface area contributed by atoms with E-state index in [9.17, 15) is 4.79 Å². The second-order valence-corrected chi connectivity index (χ2v) is 3.06.